The molecule has 2 saturated heterocycles. The third-order valence-electron chi connectivity index (χ3n) is 4.71. The van der Waals surface area contributed by atoms with Crippen LogP contribution in [0.1, 0.15) is 18.4 Å². The van der Waals surface area contributed by atoms with E-state index in [-0.39, 0.29) is 30.8 Å². The number of amides is 1. The summed E-state index contributed by atoms with van der Waals surface area (Å²) < 4.78 is 5.19. The first kappa shape index (κ1) is 18.5. The fraction of sp³-hybridized carbons (Fsp3) is 0.471. The first-order valence-electron chi connectivity index (χ1n) is 8.35. The minimum atomic E-state index is -0.971. The molecule has 2 heterocycles. The van der Waals surface area contributed by atoms with E-state index in [1.807, 2.05) is 24.3 Å². The van der Waals surface area contributed by atoms with Gasteiger partial charge in [-0.3, -0.25) is 15.0 Å². The highest BCUT2D eigenvalue weighted by Crippen LogP contribution is 2.39. The molecule has 140 valence electrons. The third kappa shape index (κ3) is 3.78. The molecule has 3 rings (SSSR count). The van der Waals surface area contributed by atoms with E-state index < -0.39 is 16.6 Å². The van der Waals surface area contributed by atoms with Crippen molar-refractivity contribution >= 4 is 29.5 Å². The molecular weight excluding hydrogens is 356 g/mol. The topological polar surface area (TPSA) is 138 Å². The second-order valence-corrected chi connectivity index (χ2v) is 7.80. The van der Waals surface area contributed by atoms with Crippen LogP contribution in [0.25, 0.3) is 0 Å². The average Bonchev–Trinajstić information content (AvgIpc) is 3.21. The Morgan fingerprint density at radius 2 is 2.15 bits per heavy atom. The summed E-state index contributed by atoms with van der Waals surface area (Å²) in [6.45, 7) is 0.904. The Balaban J connectivity index is 1.58. The van der Waals surface area contributed by atoms with Crippen LogP contribution >= 0.6 is 11.8 Å². The van der Waals surface area contributed by atoms with Crippen LogP contribution < -0.4 is 21.1 Å². The number of benzene rings is 1. The van der Waals surface area contributed by atoms with Gasteiger partial charge in [0.25, 0.3) is 0 Å². The maximum absolute atomic E-state index is 11.8. The number of carboxylic acids is 1. The fourth-order valence-corrected chi connectivity index (χ4v) is 4.42. The molecule has 0 spiro atoms. The van der Waals surface area contributed by atoms with E-state index in [1.165, 1.54) is 0 Å². The van der Waals surface area contributed by atoms with Gasteiger partial charge in [-0.25, -0.2) is 0 Å². The van der Waals surface area contributed by atoms with E-state index in [9.17, 15) is 9.59 Å². The van der Waals surface area contributed by atoms with Crippen molar-refractivity contribution in [2.45, 2.75) is 23.6 Å². The van der Waals surface area contributed by atoms with Gasteiger partial charge in [0.05, 0.1) is 18.4 Å². The van der Waals surface area contributed by atoms with Crippen LogP contribution in [-0.2, 0) is 14.3 Å². The standard InChI is InChI=1S/C17H22N4O4S/c18-16(19)17(8-20-9-26-17)11-1-3-13(4-2-11)25-7-12-5-10(6-14(22)23)15(24)21-12/h1-4,10,12,20H,5-9H2,(H3,18,19)(H,21,24)(H,22,23)/t10-,12-,17?/m0/s1. The van der Waals surface area contributed by atoms with E-state index in [2.05, 4.69) is 10.6 Å². The van der Waals surface area contributed by atoms with E-state index >= 15 is 0 Å². The molecule has 0 aromatic heterocycles. The number of carbonyl (C=O) groups is 2. The molecule has 2 aliphatic heterocycles. The lowest BCUT2D eigenvalue weighted by Gasteiger charge is -2.26. The normalized spacial score (nSPS) is 27.9. The summed E-state index contributed by atoms with van der Waals surface area (Å²) in [7, 11) is 0. The zero-order valence-electron chi connectivity index (χ0n) is 14.2. The second-order valence-electron chi connectivity index (χ2n) is 6.53. The van der Waals surface area contributed by atoms with Crippen LogP contribution in [0.5, 0.6) is 5.75 Å². The number of carbonyl (C=O) groups excluding carboxylic acids is 1. The minimum absolute atomic E-state index is 0.124. The van der Waals surface area contributed by atoms with Crippen molar-refractivity contribution in [1.29, 1.82) is 5.41 Å². The molecule has 6 N–H and O–H groups in total. The smallest absolute Gasteiger partial charge is 0.304 e. The Labute approximate surface area is 155 Å². The maximum atomic E-state index is 11.8. The summed E-state index contributed by atoms with van der Waals surface area (Å²) in [5.74, 6) is -0.174. The summed E-state index contributed by atoms with van der Waals surface area (Å²) in [5.41, 5.74) is 6.76. The lowest BCUT2D eigenvalue weighted by molar-refractivity contribution is -0.140. The highest BCUT2D eigenvalue weighted by atomic mass is 32.2. The molecule has 8 nitrogen and oxygen atoms in total. The number of ether oxygens (including phenoxy) is 1. The molecule has 0 saturated carbocycles. The number of hydrogen-bond acceptors (Lipinski definition) is 6. The number of thioether (sulfide) groups is 1. The third-order valence-corrected chi connectivity index (χ3v) is 6.15. The number of carboxylic acid groups (broad SMARTS) is 1. The quantitative estimate of drug-likeness (QED) is 0.343. The summed E-state index contributed by atoms with van der Waals surface area (Å²) in [5, 5.41) is 22.7. The Morgan fingerprint density at radius 3 is 2.73 bits per heavy atom. The highest BCUT2D eigenvalue weighted by Gasteiger charge is 2.40. The molecule has 0 aliphatic carbocycles. The largest absolute Gasteiger partial charge is 0.491 e. The van der Waals surface area contributed by atoms with Gasteiger partial charge >= 0.3 is 5.97 Å². The van der Waals surface area contributed by atoms with Crippen LogP contribution in [-0.4, -0.2) is 47.9 Å². The van der Waals surface area contributed by atoms with Gasteiger partial charge in [0.1, 0.15) is 22.9 Å². The molecule has 1 unspecified atom stereocenters. The van der Waals surface area contributed by atoms with Crippen molar-refractivity contribution in [3.05, 3.63) is 29.8 Å². The summed E-state index contributed by atoms with van der Waals surface area (Å²) in [6, 6.07) is 7.26. The zero-order valence-corrected chi connectivity index (χ0v) is 15.0. The van der Waals surface area contributed by atoms with Gasteiger partial charge in [-0.05, 0) is 24.1 Å². The van der Waals surface area contributed by atoms with Gasteiger partial charge in [0.2, 0.25) is 5.91 Å². The molecule has 0 bridgehead atoms. The summed E-state index contributed by atoms with van der Waals surface area (Å²) in [6.07, 6.45) is 0.300. The molecule has 9 heteroatoms. The van der Waals surface area contributed by atoms with Crippen molar-refractivity contribution in [1.82, 2.24) is 10.6 Å². The van der Waals surface area contributed by atoms with Gasteiger partial charge in [-0.1, -0.05) is 12.1 Å². The van der Waals surface area contributed by atoms with Crippen molar-refractivity contribution < 1.29 is 19.4 Å². The Bertz CT molecular complexity index is 703. The maximum Gasteiger partial charge on any atom is 0.304 e. The first-order valence-corrected chi connectivity index (χ1v) is 9.34. The van der Waals surface area contributed by atoms with Crippen LogP contribution in [0.2, 0.25) is 0 Å². The van der Waals surface area contributed by atoms with Gasteiger partial charge < -0.3 is 26.2 Å². The van der Waals surface area contributed by atoms with Gasteiger partial charge in [0.15, 0.2) is 0 Å². The predicted molar refractivity (Wildman–Crippen MR) is 98.3 cm³/mol. The predicted octanol–water partition coefficient (Wildman–Crippen LogP) is 0.470. The van der Waals surface area contributed by atoms with Crippen molar-refractivity contribution in [3.63, 3.8) is 0 Å². The molecule has 1 amide bonds. The lowest BCUT2D eigenvalue weighted by atomic mass is 9.97. The summed E-state index contributed by atoms with van der Waals surface area (Å²) >= 11 is 1.60. The average molecular weight is 378 g/mol. The minimum Gasteiger partial charge on any atom is -0.491 e. The zero-order chi connectivity index (χ0) is 18.7. The van der Waals surface area contributed by atoms with E-state index in [4.69, 9.17) is 21.0 Å². The van der Waals surface area contributed by atoms with E-state index in [0.29, 0.717) is 18.7 Å². The number of aliphatic carboxylic acids is 1. The molecule has 3 atom stereocenters. The number of nitrogens with two attached hydrogens (primary N) is 1. The molecule has 1 aromatic carbocycles. The van der Waals surface area contributed by atoms with E-state index in [0.717, 1.165) is 11.4 Å². The molecule has 1 aromatic rings. The Kier molecular flexibility index (Phi) is 5.38. The van der Waals surface area contributed by atoms with Crippen molar-refractivity contribution in [2.75, 3.05) is 19.0 Å². The summed E-state index contributed by atoms with van der Waals surface area (Å²) in [4.78, 5) is 22.5. The molecule has 2 aliphatic rings. The highest BCUT2D eigenvalue weighted by molar-refractivity contribution is 8.01. The van der Waals surface area contributed by atoms with Gasteiger partial charge in [0, 0.05) is 12.4 Å². The van der Waals surface area contributed by atoms with Crippen molar-refractivity contribution in [2.24, 2.45) is 11.7 Å². The number of nitrogens with one attached hydrogen (secondary N) is 3. The number of hydrogen-bond donors (Lipinski definition) is 5. The van der Waals surface area contributed by atoms with Gasteiger partial charge in [-0.15, -0.1) is 11.8 Å². The Hall–Kier alpha value is -2.26. The molecular formula is C17H22N4O4S. The Morgan fingerprint density at radius 1 is 1.42 bits per heavy atom. The van der Waals surface area contributed by atoms with E-state index in [1.54, 1.807) is 11.8 Å². The number of rotatable bonds is 7. The van der Waals surface area contributed by atoms with Crippen LogP contribution in [0.3, 0.4) is 0 Å². The monoisotopic (exact) mass is 378 g/mol. The van der Waals surface area contributed by atoms with Crippen LogP contribution in [0, 0.1) is 11.3 Å². The first-order chi connectivity index (χ1) is 12.4. The van der Waals surface area contributed by atoms with Gasteiger partial charge in [-0.2, -0.15) is 0 Å². The van der Waals surface area contributed by atoms with Crippen molar-refractivity contribution in [3.8, 4) is 5.75 Å². The molecule has 0 radical (unpaired) electrons. The fourth-order valence-electron chi connectivity index (χ4n) is 3.31. The number of amidine groups is 1. The second kappa shape index (κ2) is 7.55. The SMILES string of the molecule is N=C(N)C1(c2ccc(OC[C@@H]3C[C@@H](CC(=O)O)C(=O)N3)cc2)CNCS1. The molecule has 2 fully saturated rings. The lowest BCUT2D eigenvalue weighted by Crippen LogP contribution is -2.40. The van der Waals surface area contributed by atoms with Crippen LogP contribution in [0.4, 0.5) is 0 Å². The molecule has 26 heavy (non-hydrogen) atoms. The van der Waals surface area contributed by atoms with Crippen LogP contribution in [0.15, 0.2) is 24.3 Å².